The summed E-state index contributed by atoms with van der Waals surface area (Å²) >= 11 is 3.43. The smallest absolute Gasteiger partial charge is 0.167 e. The van der Waals surface area contributed by atoms with Gasteiger partial charge in [-0.05, 0) is 53.7 Å². The Balaban J connectivity index is 2.37. The van der Waals surface area contributed by atoms with Gasteiger partial charge in [0.1, 0.15) is 5.75 Å². The van der Waals surface area contributed by atoms with Crippen molar-refractivity contribution < 1.29 is 9.13 Å². The minimum Gasteiger partial charge on any atom is -0.453 e. The van der Waals surface area contributed by atoms with Crippen LogP contribution in [0.15, 0.2) is 40.9 Å². The van der Waals surface area contributed by atoms with E-state index in [2.05, 4.69) is 21.2 Å². The largest absolute Gasteiger partial charge is 0.453 e. The Labute approximate surface area is 120 Å². The molecule has 0 saturated heterocycles. The van der Waals surface area contributed by atoms with Gasteiger partial charge in [-0.1, -0.05) is 18.2 Å². The maximum Gasteiger partial charge on any atom is 0.167 e. The molecule has 0 radical (unpaired) electrons. The summed E-state index contributed by atoms with van der Waals surface area (Å²) in [5.74, 6) is 0.509. The number of hydrogen-bond acceptors (Lipinski definition) is 2. The lowest BCUT2D eigenvalue weighted by atomic mass is 10.2. The molecule has 2 aromatic rings. The molecule has 2 aromatic carbocycles. The maximum absolute atomic E-state index is 13.9. The van der Waals surface area contributed by atoms with E-state index in [4.69, 9.17) is 4.74 Å². The van der Waals surface area contributed by atoms with Gasteiger partial charge in [-0.15, -0.1) is 0 Å². The van der Waals surface area contributed by atoms with Crippen LogP contribution in [0.4, 0.5) is 4.39 Å². The molecule has 0 unspecified atom stereocenters. The summed E-state index contributed by atoms with van der Waals surface area (Å²) in [7, 11) is 1.82. The predicted octanol–water partition coefficient (Wildman–Crippen LogP) is 4.41. The Morgan fingerprint density at radius 2 is 2.05 bits per heavy atom. The van der Waals surface area contributed by atoms with Crippen LogP contribution < -0.4 is 10.1 Å². The van der Waals surface area contributed by atoms with Crippen molar-refractivity contribution in [3.63, 3.8) is 0 Å². The molecule has 0 aliphatic carbocycles. The van der Waals surface area contributed by atoms with Crippen LogP contribution in [0, 0.1) is 12.7 Å². The summed E-state index contributed by atoms with van der Waals surface area (Å²) in [4.78, 5) is 0. The standard InChI is InChI=1S/C15H15BrFNO/c1-10-6-7-14(12(16)8-10)19-15-11(9-18-2)4-3-5-13(15)17/h3-8,18H,9H2,1-2H3. The lowest BCUT2D eigenvalue weighted by Crippen LogP contribution is -2.07. The maximum atomic E-state index is 13.9. The Bertz CT molecular complexity index is 586. The zero-order chi connectivity index (χ0) is 13.8. The van der Waals surface area contributed by atoms with Crippen LogP contribution >= 0.6 is 15.9 Å². The molecule has 0 aliphatic rings. The van der Waals surface area contributed by atoms with E-state index in [1.807, 2.05) is 38.2 Å². The molecule has 4 heteroatoms. The molecule has 0 spiro atoms. The third kappa shape index (κ3) is 3.33. The highest BCUT2D eigenvalue weighted by molar-refractivity contribution is 9.10. The second-order valence-corrected chi connectivity index (χ2v) is 5.15. The molecular formula is C15H15BrFNO. The van der Waals surface area contributed by atoms with Gasteiger partial charge < -0.3 is 10.1 Å². The lowest BCUT2D eigenvalue weighted by molar-refractivity contribution is 0.432. The second kappa shape index (κ2) is 6.17. The van der Waals surface area contributed by atoms with Gasteiger partial charge >= 0.3 is 0 Å². The summed E-state index contributed by atoms with van der Waals surface area (Å²) in [6, 6.07) is 10.6. The quantitative estimate of drug-likeness (QED) is 0.899. The van der Waals surface area contributed by atoms with Crippen molar-refractivity contribution in [2.45, 2.75) is 13.5 Å². The van der Waals surface area contributed by atoms with Gasteiger partial charge in [-0.2, -0.15) is 0 Å². The lowest BCUT2D eigenvalue weighted by Gasteiger charge is -2.13. The van der Waals surface area contributed by atoms with Gasteiger partial charge in [-0.3, -0.25) is 0 Å². The number of aryl methyl sites for hydroxylation is 1. The molecule has 0 heterocycles. The average Bonchev–Trinajstić information content (AvgIpc) is 2.36. The number of nitrogens with one attached hydrogen (secondary N) is 1. The van der Waals surface area contributed by atoms with E-state index in [9.17, 15) is 4.39 Å². The van der Waals surface area contributed by atoms with Crippen LogP contribution in [0.5, 0.6) is 11.5 Å². The van der Waals surface area contributed by atoms with Gasteiger partial charge in [0, 0.05) is 12.1 Å². The summed E-state index contributed by atoms with van der Waals surface area (Å²) in [6.07, 6.45) is 0. The zero-order valence-electron chi connectivity index (χ0n) is 10.8. The van der Waals surface area contributed by atoms with E-state index in [1.54, 1.807) is 6.07 Å². The Kier molecular flexibility index (Phi) is 4.56. The van der Waals surface area contributed by atoms with Gasteiger partial charge in [0.15, 0.2) is 11.6 Å². The highest BCUT2D eigenvalue weighted by Gasteiger charge is 2.12. The fraction of sp³-hybridized carbons (Fsp3) is 0.200. The summed E-state index contributed by atoms with van der Waals surface area (Å²) in [6.45, 7) is 2.54. The van der Waals surface area contributed by atoms with Crippen molar-refractivity contribution >= 4 is 15.9 Å². The van der Waals surface area contributed by atoms with Crippen LogP contribution in [-0.2, 0) is 6.54 Å². The normalized spacial score (nSPS) is 10.5. The van der Waals surface area contributed by atoms with Gasteiger partial charge in [0.2, 0.25) is 0 Å². The molecule has 0 atom stereocenters. The van der Waals surface area contributed by atoms with Crippen LogP contribution in [0.2, 0.25) is 0 Å². The van der Waals surface area contributed by atoms with Crippen molar-refractivity contribution in [2.75, 3.05) is 7.05 Å². The van der Waals surface area contributed by atoms with Crippen molar-refractivity contribution in [1.82, 2.24) is 5.32 Å². The second-order valence-electron chi connectivity index (χ2n) is 4.29. The topological polar surface area (TPSA) is 21.3 Å². The van der Waals surface area contributed by atoms with Crippen molar-refractivity contribution in [2.24, 2.45) is 0 Å². The number of ether oxygens (including phenoxy) is 1. The zero-order valence-corrected chi connectivity index (χ0v) is 12.4. The van der Waals surface area contributed by atoms with Gasteiger partial charge in [0.05, 0.1) is 4.47 Å². The average molecular weight is 324 g/mol. The first-order valence-electron chi connectivity index (χ1n) is 5.98. The molecule has 0 bridgehead atoms. The minimum absolute atomic E-state index is 0.265. The third-order valence-electron chi connectivity index (χ3n) is 2.72. The Morgan fingerprint density at radius 3 is 2.74 bits per heavy atom. The number of benzene rings is 2. The van der Waals surface area contributed by atoms with Crippen LogP contribution in [-0.4, -0.2) is 7.05 Å². The van der Waals surface area contributed by atoms with E-state index < -0.39 is 0 Å². The van der Waals surface area contributed by atoms with E-state index in [1.165, 1.54) is 6.07 Å². The predicted molar refractivity (Wildman–Crippen MR) is 78.1 cm³/mol. The molecule has 0 amide bonds. The van der Waals surface area contributed by atoms with Gasteiger partial charge in [0.25, 0.3) is 0 Å². The fourth-order valence-electron chi connectivity index (χ4n) is 1.80. The first-order chi connectivity index (χ1) is 9.11. The van der Waals surface area contributed by atoms with E-state index in [-0.39, 0.29) is 11.6 Å². The number of para-hydroxylation sites is 1. The SMILES string of the molecule is CNCc1cccc(F)c1Oc1ccc(C)cc1Br. The number of rotatable bonds is 4. The Hall–Kier alpha value is -1.39. The van der Waals surface area contributed by atoms with Crippen molar-refractivity contribution in [3.8, 4) is 11.5 Å². The molecule has 2 nitrogen and oxygen atoms in total. The van der Waals surface area contributed by atoms with E-state index >= 15 is 0 Å². The van der Waals surface area contributed by atoms with E-state index in [0.717, 1.165) is 15.6 Å². The van der Waals surface area contributed by atoms with Gasteiger partial charge in [-0.25, -0.2) is 4.39 Å². The third-order valence-corrected chi connectivity index (χ3v) is 3.33. The summed E-state index contributed by atoms with van der Waals surface area (Å²) in [5.41, 5.74) is 1.90. The highest BCUT2D eigenvalue weighted by atomic mass is 79.9. The molecule has 0 aromatic heterocycles. The Morgan fingerprint density at radius 1 is 1.26 bits per heavy atom. The van der Waals surface area contributed by atoms with E-state index in [0.29, 0.717) is 12.3 Å². The van der Waals surface area contributed by atoms with Crippen molar-refractivity contribution in [3.05, 3.63) is 57.8 Å². The number of halogens is 2. The van der Waals surface area contributed by atoms with Crippen LogP contribution in [0.1, 0.15) is 11.1 Å². The highest BCUT2D eigenvalue weighted by Crippen LogP contribution is 2.33. The number of hydrogen-bond donors (Lipinski definition) is 1. The molecule has 0 fully saturated rings. The molecule has 100 valence electrons. The molecule has 0 aliphatic heterocycles. The molecule has 0 saturated carbocycles. The van der Waals surface area contributed by atoms with Crippen LogP contribution in [0.25, 0.3) is 0 Å². The summed E-state index contributed by atoms with van der Waals surface area (Å²) in [5, 5.41) is 3.00. The first-order valence-corrected chi connectivity index (χ1v) is 6.77. The van der Waals surface area contributed by atoms with Crippen molar-refractivity contribution in [1.29, 1.82) is 0 Å². The fourth-order valence-corrected chi connectivity index (χ4v) is 2.37. The molecule has 19 heavy (non-hydrogen) atoms. The summed E-state index contributed by atoms with van der Waals surface area (Å²) < 4.78 is 20.4. The molecular weight excluding hydrogens is 309 g/mol. The van der Waals surface area contributed by atoms with Crippen LogP contribution in [0.3, 0.4) is 0 Å². The molecule has 2 rings (SSSR count). The molecule has 1 N–H and O–H groups in total. The first kappa shape index (κ1) is 14.0. The minimum atomic E-state index is -0.361. The monoisotopic (exact) mass is 323 g/mol.